The molecule has 0 saturated heterocycles. The lowest BCUT2D eigenvalue weighted by Gasteiger charge is -2.24. The third kappa shape index (κ3) is 12.3. The van der Waals surface area contributed by atoms with Crippen LogP contribution >= 0.6 is 0 Å². The predicted molar refractivity (Wildman–Crippen MR) is 190 cm³/mol. The van der Waals surface area contributed by atoms with E-state index in [9.17, 15) is 0 Å². The molecule has 0 fully saturated rings. The minimum absolute atomic E-state index is 0.643. The molecule has 3 aromatic rings. The molecule has 0 saturated carbocycles. The van der Waals surface area contributed by atoms with Gasteiger partial charge in [0.2, 0.25) is 0 Å². The molecule has 0 aliphatic rings. The molecule has 10 heteroatoms. The Kier molecular flexibility index (Phi) is 17.0. The summed E-state index contributed by atoms with van der Waals surface area (Å²) in [5, 5.41) is 0. The molecule has 0 bridgehead atoms. The molecule has 0 amide bonds. The fourth-order valence-electron chi connectivity index (χ4n) is 4.98. The fourth-order valence-corrected chi connectivity index (χ4v) is 4.98. The first-order chi connectivity index (χ1) is 22.5. The Labute approximate surface area is 277 Å². The zero-order valence-corrected chi connectivity index (χ0v) is 28.8. The monoisotopic (exact) mass is 635 g/mol. The number of hydrogen-bond donors (Lipinski definition) is 0. The summed E-state index contributed by atoms with van der Waals surface area (Å²) in [7, 11) is -1.01. The van der Waals surface area contributed by atoms with Crippen molar-refractivity contribution in [1.29, 1.82) is 0 Å². The molecular formula is C36H54BN3O6. The van der Waals surface area contributed by atoms with Crippen LogP contribution in [0.2, 0.25) is 0 Å². The maximum Gasteiger partial charge on any atom is 0.864 e. The van der Waals surface area contributed by atoms with Crippen molar-refractivity contribution in [1.82, 2.24) is 0 Å². The van der Waals surface area contributed by atoms with Crippen LogP contribution in [0.4, 0.5) is 17.1 Å². The summed E-state index contributed by atoms with van der Waals surface area (Å²) in [5.41, 5.74) is 3.32. The van der Waals surface area contributed by atoms with Crippen LogP contribution in [0.5, 0.6) is 17.2 Å². The highest BCUT2D eigenvalue weighted by molar-refractivity contribution is 6.39. The standard InChI is InChI=1S/C36H54BN3O6/c1-7-38(25-28-41-10-4)31-13-19-34(20-14-31)44-37(45-35-21-15-32(16-22-35)39(8-2)26-29-42-11-5)46-36-23-17-33(18-24-36)40(9-3)27-30-43-12-6/h13-24H,7-12,25-30H2,1-6H3. The normalized spacial score (nSPS) is 10.8. The number of ether oxygens (including phenoxy) is 3. The second kappa shape index (κ2) is 21.2. The van der Waals surface area contributed by atoms with Crippen LogP contribution in [0.1, 0.15) is 41.5 Å². The second-order valence-corrected chi connectivity index (χ2v) is 10.5. The van der Waals surface area contributed by atoms with Crippen LogP contribution in [0.3, 0.4) is 0 Å². The van der Waals surface area contributed by atoms with Crippen molar-refractivity contribution in [3.8, 4) is 17.2 Å². The van der Waals surface area contributed by atoms with Gasteiger partial charge in [-0.1, -0.05) is 0 Å². The SMILES string of the molecule is CCOCCN(CC)c1ccc(OB(Oc2ccc(N(CC)CCOCC)cc2)Oc2ccc(N(CC)CCOCC)cc2)cc1. The predicted octanol–water partition coefficient (Wildman–Crippen LogP) is 6.80. The molecule has 0 unspecified atom stereocenters. The Morgan fingerprint density at radius 3 is 0.891 bits per heavy atom. The Morgan fingerprint density at radius 2 is 0.674 bits per heavy atom. The molecule has 0 aromatic heterocycles. The third-order valence-electron chi connectivity index (χ3n) is 7.58. The molecule has 3 rings (SSSR count). The van der Waals surface area contributed by atoms with E-state index in [1.54, 1.807) is 0 Å². The number of rotatable bonds is 24. The van der Waals surface area contributed by atoms with Crippen LogP contribution in [0.15, 0.2) is 72.8 Å². The number of anilines is 3. The summed E-state index contributed by atoms with van der Waals surface area (Å²) in [6, 6.07) is 24.0. The van der Waals surface area contributed by atoms with Gasteiger partial charge in [-0.15, -0.1) is 0 Å². The van der Waals surface area contributed by atoms with E-state index >= 15 is 0 Å². The maximum atomic E-state index is 6.28. The van der Waals surface area contributed by atoms with Gasteiger partial charge in [0.05, 0.1) is 19.8 Å². The van der Waals surface area contributed by atoms with E-state index in [0.717, 1.165) is 56.3 Å². The van der Waals surface area contributed by atoms with E-state index in [0.29, 0.717) is 56.9 Å². The quantitative estimate of drug-likeness (QED) is 0.0782. The molecule has 3 aromatic carbocycles. The highest BCUT2D eigenvalue weighted by atomic mass is 16.7. The van der Waals surface area contributed by atoms with Crippen molar-refractivity contribution in [2.45, 2.75) is 41.5 Å². The van der Waals surface area contributed by atoms with Gasteiger partial charge in [0, 0.05) is 76.2 Å². The largest absolute Gasteiger partial charge is 0.864 e. The lowest BCUT2D eigenvalue weighted by Crippen LogP contribution is -2.37. The van der Waals surface area contributed by atoms with Crippen LogP contribution in [0.25, 0.3) is 0 Å². The van der Waals surface area contributed by atoms with Gasteiger partial charge in [-0.3, -0.25) is 0 Å². The molecule has 0 heterocycles. The second-order valence-electron chi connectivity index (χ2n) is 10.5. The van der Waals surface area contributed by atoms with E-state index in [4.69, 9.17) is 28.2 Å². The molecule has 9 nitrogen and oxygen atoms in total. The van der Waals surface area contributed by atoms with Gasteiger partial charge in [0.1, 0.15) is 17.2 Å². The summed E-state index contributed by atoms with van der Waals surface area (Å²) >= 11 is 0. The molecule has 0 atom stereocenters. The van der Waals surface area contributed by atoms with E-state index in [1.807, 2.05) is 57.2 Å². The van der Waals surface area contributed by atoms with Gasteiger partial charge in [-0.25, -0.2) is 0 Å². The van der Waals surface area contributed by atoms with Gasteiger partial charge in [0.25, 0.3) is 0 Å². The first-order valence-electron chi connectivity index (χ1n) is 16.8. The smallest absolute Gasteiger partial charge is 0.490 e. The molecular weight excluding hydrogens is 581 g/mol. The van der Waals surface area contributed by atoms with Crippen molar-refractivity contribution >= 4 is 24.4 Å². The molecule has 0 radical (unpaired) electrons. The average Bonchev–Trinajstić information content (AvgIpc) is 3.08. The average molecular weight is 636 g/mol. The third-order valence-corrected chi connectivity index (χ3v) is 7.58. The Bertz CT molecular complexity index is 1050. The highest BCUT2D eigenvalue weighted by Crippen LogP contribution is 2.25. The Hall–Kier alpha value is -3.60. The molecule has 46 heavy (non-hydrogen) atoms. The number of hydrogen-bond acceptors (Lipinski definition) is 9. The summed E-state index contributed by atoms with van der Waals surface area (Å²) in [6.07, 6.45) is 0. The van der Waals surface area contributed by atoms with Gasteiger partial charge >= 0.3 is 7.32 Å². The van der Waals surface area contributed by atoms with Crippen molar-refractivity contribution in [2.24, 2.45) is 0 Å². The van der Waals surface area contributed by atoms with Crippen molar-refractivity contribution in [3.63, 3.8) is 0 Å². The molecule has 0 aliphatic heterocycles. The van der Waals surface area contributed by atoms with Gasteiger partial charge in [-0.05, 0) is 114 Å². The van der Waals surface area contributed by atoms with Crippen LogP contribution < -0.4 is 28.7 Å². The first-order valence-corrected chi connectivity index (χ1v) is 16.8. The van der Waals surface area contributed by atoms with Crippen molar-refractivity contribution < 1.29 is 28.2 Å². The van der Waals surface area contributed by atoms with E-state index in [2.05, 4.69) is 71.9 Å². The van der Waals surface area contributed by atoms with E-state index in [1.165, 1.54) is 0 Å². The molecule has 0 aliphatic carbocycles. The zero-order valence-electron chi connectivity index (χ0n) is 28.8. The first kappa shape index (κ1) is 36.9. The number of likely N-dealkylation sites (N-methyl/N-ethyl adjacent to an activating group) is 3. The molecule has 0 N–H and O–H groups in total. The van der Waals surface area contributed by atoms with Gasteiger partial charge in [-0.2, -0.15) is 0 Å². The fraction of sp³-hybridized carbons (Fsp3) is 0.500. The minimum Gasteiger partial charge on any atom is -0.490 e. The lowest BCUT2D eigenvalue weighted by atomic mass is 10.1. The van der Waals surface area contributed by atoms with Crippen LogP contribution in [-0.2, 0) is 14.2 Å². The topological polar surface area (TPSA) is 65.1 Å². The summed E-state index contributed by atoms with van der Waals surface area (Å²) in [4.78, 5) is 6.82. The minimum atomic E-state index is -1.01. The summed E-state index contributed by atoms with van der Waals surface area (Å²) in [5.74, 6) is 1.93. The zero-order chi connectivity index (χ0) is 33.0. The van der Waals surface area contributed by atoms with E-state index < -0.39 is 7.32 Å². The summed E-state index contributed by atoms with van der Waals surface area (Å²) < 4.78 is 35.5. The molecule has 0 spiro atoms. The highest BCUT2D eigenvalue weighted by Gasteiger charge is 2.30. The number of nitrogens with zero attached hydrogens (tertiary/aromatic N) is 3. The maximum absolute atomic E-state index is 6.28. The van der Waals surface area contributed by atoms with Gasteiger partial charge < -0.3 is 42.9 Å². The van der Waals surface area contributed by atoms with Crippen molar-refractivity contribution in [3.05, 3.63) is 72.8 Å². The Morgan fingerprint density at radius 1 is 0.413 bits per heavy atom. The lowest BCUT2D eigenvalue weighted by molar-refractivity contribution is 0.154. The van der Waals surface area contributed by atoms with Crippen LogP contribution in [0, 0.1) is 0 Å². The molecule has 252 valence electrons. The number of benzene rings is 3. The van der Waals surface area contributed by atoms with Crippen molar-refractivity contribution in [2.75, 3.05) is 93.6 Å². The van der Waals surface area contributed by atoms with Gasteiger partial charge in [0.15, 0.2) is 0 Å². The summed E-state index contributed by atoms with van der Waals surface area (Å²) in [6.45, 7) is 21.8. The Balaban J connectivity index is 1.76. The van der Waals surface area contributed by atoms with E-state index in [-0.39, 0.29) is 0 Å². The van der Waals surface area contributed by atoms with Crippen LogP contribution in [-0.4, -0.2) is 86.2 Å².